The molecule has 0 saturated carbocycles. The van der Waals surface area contributed by atoms with Gasteiger partial charge in [0.05, 0.1) is 11.9 Å². The molecular weight excluding hydrogens is 316 g/mol. The fourth-order valence-corrected chi connectivity index (χ4v) is 3.56. The summed E-state index contributed by atoms with van der Waals surface area (Å²) in [6, 6.07) is 10.9. The van der Waals surface area contributed by atoms with E-state index in [1.54, 1.807) is 22.2 Å². The number of pyridine rings is 1. The van der Waals surface area contributed by atoms with Gasteiger partial charge in [-0.25, -0.2) is 4.79 Å². The monoisotopic (exact) mass is 336 g/mol. The van der Waals surface area contributed by atoms with Crippen molar-refractivity contribution in [3.05, 3.63) is 54.4 Å². The Kier molecular flexibility index (Phi) is 4.09. The largest absolute Gasteiger partial charge is 0.326 e. The lowest BCUT2D eigenvalue weighted by Crippen LogP contribution is -2.55. The third-order valence-corrected chi connectivity index (χ3v) is 4.83. The number of aromatic nitrogens is 1. The molecule has 1 fully saturated rings. The lowest BCUT2D eigenvalue weighted by Gasteiger charge is -2.33. The maximum atomic E-state index is 12.8. The number of carbonyl (C=O) groups excluding carboxylic acids is 2. The molecule has 2 aliphatic rings. The number of nitrogens with one attached hydrogen (secondary N) is 1. The molecule has 25 heavy (non-hydrogen) atoms. The lowest BCUT2D eigenvalue weighted by atomic mass is 10.0. The Hall–Kier alpha value is -2.89. The molecule has 3 heterocycles. The minimum Gasteiger partial charge on any atom is -0.326 e. The maximum absolute atomic E-state index is 12.8. The number of hydrogen-bond donors (Lipinski definition) is 1. The smallest absolute Gasteiger partial charge is 0.322 e. The quantitative estimate of drug-likeness (QED) is 0.915. The summed E-state index contributed by atoms with van der Waals surface area (Å²) in [6.45, 7) is 1.31. The Morgan fingerprint density at radius 1 is 1.16 bits per heavy atom. The van der Waals surface area contributed by atoms with Crippen LogP contribution in [0.4, 0.5) is 16.2 Å². The third-order valence-electron chi connectivity index (χ3n) is 4.83. The van der Waals surface area contributed by atoms with Crippen LogP contribution in [0.2, 0.25) is 0 Å². The highest BCUT2D eigenvalue weighted by molar-refractivity contribution is 6.02. The number of nitrogens with zero attached hydrogens (tertiary/aromatic N) is 3. The van der Waals surface area contributed by atoms with E-state index >= 15 is 0 Å². The number of benzene rings is 1. The van der Waals surface area contributed by atoms with Gasteiger partial charge in [0, 0.05) is 25.0 Å². The predicted molar refractivity (Wildman–Crippen MR) is 95.6 cm³/mol. The number of anilines is 2. The van der Waals surface area contributed by atoms with Crippen molar-refractivity contribution >= 4 is 23.3 Å². The molecular formula is C19H20N4O2. The molecule has 1 aromatic carbocycles. The fraction of sp³-hybridized carbons (Fsp3) is 0.316. The zero-order valence-electron chi connectivity index (χ0n) is 13.9. The van der Waals surface area contributed by atoms with Crippen LogP contribution in [0.15, 0.2) is 48.8 Å². The second-order valence-corrected chi connectivity index (χ2v) is 6.38. The van der Waals surface area contributed by atoms with Crippen LogP contribution in [0.25, 0.3) is 0 Å². The Morgan fingerprint density at radius 2 is 2.04 bits per heavy atom. The number of urea groups is 1. The van der Waals surface area contributed by atoms with E-state index in [1.807, 2.05) is 36.4 Å². The normalized spacial score (nSPS) is 19.7. The van der Waals surface area contributed by atoms with Gasteiger partial charge in [-0.3, -0.25) is 14.7 Å². The fourth-order valence-electron chi connectivity index (χ4n) is 3.56. The van der Waals surface area contributed by atoms with Crippen LogP contribution in [0.5, 0.6) is 0 Å². The highest BCUT2D eigenvalue weighted by Crippen LogP contribution is 2.28. The van der Waals surface area contributed by atoms with Gasteiger partial charge in [-0.2, -0.15) is 0 Å². The van der Waals surface area contributed by atoms with Crippen LogP contribution in [-0.4, -0.2) is 36.1 Å². The summed E-state index contributed by atoms with van der Waals surface area (Å²) in [5, 5.41) is 2.93. The zero-order chi connectivity index (χ0) is 17.2. The predicted octanol–water partition coefficient (Wildman–Crippen LogP) is 2.35. The summed E-state index contributed by atoms with van der Waals surface area (Å²) < 4.78 is 0. The summed E-state index contributed by atoms with van der Waals surface area (Å²) in [5.41, 5.74) is 2.88. The number of para-hydroxylation sites is 1. The Labute approximate surface area is 146 Å². The second kappa shape index (κ2) is 6.55. The molecule has 1 N–H and O–H groups in total. The molecule has 2 aromatic rings. The first-order valence-electron chi connectivity index (χ1n) is 8.61. The summed E-state index contributed by atoms with van der Waals surface area (Å²) in [7, 11) is 0. The molecule has 0 aliphatic carbocycles. The number of amides is 3. The topological polar surface area (TPSA) is 65.5 Å². The number of piperidine rings is 1. The average Bonchev–Trinajstić information content (AvgIpc) is 3.08. The van der Waals surface area contributed by atoms with Crippen LogP contribution in [-0.2, 0) is 11.2 Å². The summed E-state index contributed by atoms with van der Waals surface area (Å²) in [6.07, 6.45) is 5.73. The number of hydrogen-bond acceptors (Lipinski definition) is 3. The van der Waals surface area contributed by atoms with Crippen molar-refractivity contribution in [1.29, 1.82) is 0 Å². The van der Waals surface area contributed by atoms with Crippen molar-refractivity contribution in [2.45, 2.75) is 25.3 Å². The third kappa shape index (κ3) is 2.95. The molecule has 128 valence electrons. The average molecular weight is 336 g/mol. The van der Waals surface area contributed by atoms with E-state index in [-0.39, 0.29) is 11.9 Å². The van der Waals surface area contributed by atoms with Crippen molar-refractivity contribution in [2.24, 2.45) is 0 Å². The maximum Gasteiger partial charge on any atom is 0.322 e. The first-order chi connectivity index (χ1) is 12.2. The molecule has 0 spiro atoms. The molecule has 2 aliphatic heterocycles. The van der Waals surface area contributed by atoms with Gasteiger partial charge in [0.15, 0.2) is 0 Å². The Bertz CT molecular complexity index is 793. The van der Waals surface area contributed by atoms with Crippen LogP contribution < -0.4 is 15.1 Å². The number of rotatable bonds is 2. The molecule has 0 unspecified atom stereocenters. The van der Waals surface area contributed by atoms with E-state index in [1.165, 1.54) is 5.56 Å². The van der Waals surface area contributed by atoms with Gasteiger partial charge >= 0.3 is 6.03 Å². The molecule has 3 amide bonds. The molecule has 1 aromatic heterocycles. The zero-order valence-corrected chi connectivity index (χ0v) is 13.9. The highest BCUT2D eigenvalue weighted by atomic mass is 16.2. The van der Waals surface area contributed by atoms with Gasteiger partial charge in [0.25, 0.3) is 0 Å². The van der Waals surface area contributed by atoms with Gasteiger partial charge in [-0.15, -0.1) is 0 Å². The van der Waals surface area contributed by atoms with Crippen LogP contribution in [0.1, 0.15) is 18.4 Å². The summed E-state index contributed by atoms with van der Waals surface area (Å²) in [4.78, 5) is 33.0. The summed E-state index contributed by atoms with van der Waals surface area (Å²) >= 11 is 0. The molecule has 6 heteroatoms. The minimum absolute atomic E-state index is 0.0694. The van der Waals surface area contributed by atoms with Crippen molar-refractivity contribution in [3.8, 4) is 0 Å². The molecule has 6 nitrogen and oxygen atoms in total. The Morgan fingerprint density at radius 3 is 2.88 bits per heavy atom. The van der Waals surface area contributed by atoms with E-state index in [9.17, 15) is 9.59 Å². The standard InChI is InChI=1S/C19H20N4O2/c24-18-16(7-4-11-22(18)15-6-3-10-20-13-15)21-19(25)23-12-9-14-5-1-2-8-17(14)23/h1-3,5-6,8,10,13,16H,4,7,9,11-12H2,(H,21,25)/t16-/m1/s1. The highest BCUT2D eigenvalue weighted by Gasteiger charge is 2.33. The Balaban J connectivity index is 1.47. The first-order valence-corrected chi connectivity index (χ1v) is 8.61. The van der Waals surface area contributed by atoms with Crippen molar-refractivity contribution in [1.82, 2.24) is 10.3 Å². The lowest BCUT2D eigenvalue weighted by molar-refractivity contribution is -0.121. The number of fused-ring (bicyclic) bond motifs is 1. The van der Waals surface area contributed by atoms with E-state index in [0.29, 0.717) is 19.5 Å². The molecule has 1 saturated heterocycles. The van der Waals surface area contributed by atoms with Crippen molar-refractivity contribution in [3.63, 3.8) is 0 Å². The molecule has 1 atom stereocenters. The van der Waals surface area contributed by atoms with Gasteiger partial charge < -0.3 is 10.2 Å². The molecule has 0 radical (unpaired) electrons. The van der Waals surface area contributed by atoms with Gasteiger partial charge in [0.1, 0.15) is 6.04 Å². The molecule has 0 bridgehead atoms. The van der Waals surface area contributed by atoms with Crippen LogP contribution >= 0.6 is 0 Å². The van der Waals surface area contributed by atoms with E-state index in [4.69, 9.17) is 0 Å². The van der Waals surface area contributed by atoms with E-state index in [0.717, 1.165) is 24.2 Å². The number of carbonyl (C=O) groups is 2. The molecule has 4 rings (SSSR count). The first kappa shape index (κ1) is 15.6. The van der Waals surface area contributed by atoms with Gasteiger partial charge in [0.2, 0.25) is 5.91 Å². The van der Waals surface area contributed by atoms with Crippen molar-refractivity contribution in [2.75, 3.05) is 22.9 Å². The van der Waals surface area contributed by atoms with Crippen LogP contribution in [0, 0.1) is 0 Å². The summed E-state index contributed by atoms with van der Waals surface area (Å²) in [5.74, 6) is -0.0694. The van der Waals surface area contributed by atoms with E-state index in [2.05, 4.69) is 10.3 Å². The SMILES string of the molecule is O=C1[C@H](NC(=O)N2CCc3ccccc32)CCCN1c1cccnc1. The van der Waals surface area contributed by atoms with Crippen LogP contribution in [0.3, 0.4) is 0 Å². The van der Waals surface area contributed by atoms with Gasteiger partial charge in [-0.05, 0) is 43.0 Å². The minimum atomic E-state index is -0.491. The van der Waals surface area contributed by atoms with E-state index < -0.39 is 6.04 Å². The van der Waals surface area contributed by atoms with Gasteiger partial charge in [-0.1, -0.05) is 18.2 Å². The van der Waals surface area contributed by atoms with Crippen molar-refractivity contribution < 1.29 is 9.59 Å². The second-order valence-electron chi connectivity index (χ2n) is 6.38.